The standard InChI is InChI=1S/C16H20FNO3/c1-18(10-13-3-2-6-21-11-13)15-8-12(4-5-16(19)20)7-14(17)9-15/h4-5,7-9,13H,2-3,6,10-11H2,1H3,(H,19,20)/b5-4+. The molecule has 1 saturated heterocycles. The number of nitrogens with zero attached hydrogens (tertiary/aromatic N) is 1. The summed E-state index contributed by atoms with van der Waals surface area (Å²) < 4.78 is 19.1. The molecule has 1 aliphatic heterocycles. The lowest BCUT2D eigenvalue weighted by atomic mass is 10.0. The van der Waals surface area contributed by atoms with E-state index in [-0.39, 0.29) is 5.82 Å². The zero-order chi connectivity index (χ0) is 15.2. The van der Waals surface area contributed by atoms with Gasteiger partial charge in [0.1, 0.15) is 5.82 Å². The topological polar surface area (TPSA) is 49.8 Å². The maximum atomic E-state index is 13.7. The Balaban J connectivity index is 2.08. The van der Waals surface area contributed by atoms with Crippen LogP contribution in [-0.4, -0.2) is 37.9 Å². The first-order valence-corrected chi connectivity index (χ1v) is 7.05. The van der Waals surface area contributed by atoms with Gasteiger partial charge in [-0.1, -0.05) is 0 Å². The van der Waals surface area contributed by atoms with Crippen LogP contribution in [0.4, 0.5) is 10.1 Å². The summed E-state index contributed by atoms with van der Waals surface area (Å²) in [5.74, 6) is -0.970. The molecule has 21 heavy (non-hydrogen) atoms. The smallest absolute Gasteiger partial charge is 0.328 e. The van der Waals surface area contributed by atoms with E-state index in [0.717, 1.165) is 44.4 Å². The number of carboxylic acids is 1. The van der Waals surface area contributed by atoms with Gasteiger partial charge in [0, 0.05) is 32.0 Å². The van der Waals surface area contributed by atoms with Gasteiger partial charge in [0.15, 0.2) is 0 Å². The summed E-state index contributed by atoms with van der Waals surface area (Å²) in [4.78, 5) is 12.5. The van der Waals surface area contributed by atoms with Gasteiger partial charge >= 0.3 is 5.97 Å². The molecular formula is C16H20FNO3. The summed E-state index contributed by atoms with van der Waals surface area (Å²) in [6, 6.07) is 4.56. The van der Waals surface area contributed by atoms with Crippen molar-refractivity contribution in [3.63, 3.8) is 0 Å². The van der Waals surface area contributed by atoms with Crippen molar-refractivity contribution in [3.8, 4) is 0 Å². The molecule has 0 bridgehead atoms. The molecular weight excluding hydrogens is 273 g/mol. The highest BCUT2D eigenvalue weighted by molar-refractivity contribution is 5.85. The first-order chi connectivity index (χ1) is 10.0. The van der Waals surface area contributed by atoms with E-state index in [1.54, 1.807) is 6.07 Å². The van der Waals surface area contributed by atoms with Crippen molar-refractivity contribution in [1.29, 1.82) is 0 Å². The molecule has 0 spiro atoms. The minimum atomic E-state index is -1.05. The predicted molar refractivity (Wildman–Crippen MR) is 79.9 cm³/mol. The maximum Gasteiger partial charge on any atom is 0.328 e. The SMILES string of the molecule is CN(CC1CCCOC1)c1cc(F)cc(/C=C/C(=O)O)c1. The normalized spacial score (nSPS) is 18.9. The third-order valence-corrected chi connectivity index (χ3v) is 3.55. The summed E-state index contributed by atoms with van der Waals surface area (Å²) in [6.07, 6.45) is 4.58. The first-order valence-electron chi connectivity index (χ1n) is 7.05. The summed E-state index contributed by atoms with van der Waals surface area (Å²) in [5.41, 5.74) is 1.28. The van der Waals surface area contributed by atoms with E-state index >= 15 is 0 Å². The van der Waals surface area contributed by atoms with Crippen molar-refractivity contribution >= 4 is 17.7 Å². The van der Waals surface area contributed by atoms with Crippen LogP contribution in [0.3, 0.4) is 0 Å². The lowest BCUT2D eigenvalue weighted by Gasteiger charge is -2.28. The van der Waals surface area contributed by atoms with E-state index in [0.29, 0.717) is 11.5 Å². The van der Waals surface area contributed by atoms with E-state index in [9.17, 15) is 9.18 Å². The second-order valence-corrected chi connectivity index (χ2v) is 5.38. The molecule has 1 aromatic rings. The van der Waals surface area contributed by atoms with E-state index < -0.39 is 5.97 Å². The fourth-order valence-corrected chi connectivity index (χ4v) is 2.52. The van der Waals surface area contributed by atoms with Crippen LogP contribution in [0.25, 0.3) is 6.08 Å². The minimum absolute atomic E-state index is 0.371. The Bertz CT molecular complexity index is 524. The summed E-state index contributed by atoms with van der Waals surface area (Å²) >= 11 is 0. The van der Waals surface area contributed by atoms with E-state index in [2.05, 4.69) is 0 Å². The number of hydrogen-bond acceptors (Lipinski definition) is 3. The number of halogens is 1. The number of carboxylic acid groups (broad SMARTS) is 1. The average molecular weight is 293 g/mol. The number of carbonyl (C=O) groups is 1. The fourth-order valence-electron chi connectivity index (χ4n) is 2.52. The van der Waals surface area contributed by atoms with Gasteiger partial charge in [0.05, 0.1) is 6.61 Å². The molecule has 1 unspecified atom stereocenters. The van der Waals surface area contributed by atoms with Crippen LogP contribution in [0.5, 0.6) is 0 Å². The van der Waals surface area contributed by atoms with E-state index in [1.807, 2.05) is 11.9 Å². The number of anilines is 1. The molecule has 114 valence electrons. The number of hydrogen-bond donors (Lipinski definition) is 1. The van der Waals surface area contributed by atoms with Gasteiger partial charge in [0.25, 0.3) is 0 Å². The molecule has 1 N–H and O–H groups in total. The molecule has 1 atom stereocenters. The van der Waals surface area contributed by atoms with Crippen molar-refractivity contribution in [2.45, 2.75) is 12.8 Å². The van der Waals surface area contributed by atoms with Crippen LogP contribution in [0.1, 0.15) is 18.4 Å². The van der Waals surface area contributed by atoms with Crippen molar-refractivity contribution in [2.24, 2.45) is 5.92 Å². The van der Waals surface area contributed by atoms with Crippen LogP contribution in [0.15, 0.2) is 24.3 Å². The van der Waals surface area contributed by atoms with Gasteiger partial charge in [-0.05, 0) is 48.6 Å². The zero-order valence-electron chi connectivity index (χ0n) is 12.1. The lowest BCUT2D eigenvalue weighted by Crippen LogP contribution is -2.30. The Morgan fingerprint density at radius 2 is 2.33 bits per heavy atom. The van der Waals surface area contributed by atoms with Gasteiger partial charge in [0.2, 0.25) is 0 Å². The molecule has 0 amide bonds. The lowest BCUT2D eigenvalue weighted by molar-refractivity contribution is -0.131. The second-order valence-electron chi connectivity index (χ2n) is 5.38. The molecule has 1 fully saturated rings. The molecule has 5 heteroatoms. The third kappa shape index (κ3) is 4.86. The van der Waals surface area contributed by atoms with Crippen molar-refractivity contribution in [3.05, 3.63) is 35.7 Å². The maximum absolute atomic E-state index is 13.7. The zero-order valence-corrected chi connectivity index (χ0v) is 12.1. The van der Waals surface area contributed by atoms with Crippen molar-refractivity contribution in [2.75, 3.05) is 31.7 Å². The Labute approximate surface area is 123 Å². The molecule has 0 radical (unpaired) electrons. The van der Waals surface area contributed by atoms with Gasteiger partial charge in [-0.2, -0.15) is 0 Å². The van der Waals surface area contributed by atoms with Crippen LogP contribution >= 0.6 is 0 Å². The molecule has 4 nitrogen and oxygen atoms in total. The molecule has 0 aromatic heterocycles. The Morgan fingerprint density at radius 3 is 3.00 bits per heavy atom. The minimum Gasteiger partial charge on any atom is -0.478 e. The Kier molecular flexibility index (Phi) is 5.33. The summed E-state index contributed by atoms with van der Waals surface area (Å²) in [5, 5.41) is 8.63. The molecule has 1 aromatic carbocycles. The number of ether oxygens (including phenoxy) is 1. The van der Waals surface area contributed by atoms with E-state index in [4.69, 9.17) is 9.84 Å². The highest BCUT2D eigenvalue weighted by atomic mass is 19.1. The summed E-state index contributed by atoms with van der Waals surface area (Å²) in [7, 11) is 1.91. The number of aliphatic carboxylic acids is 1. The predicted octanol–water partition coefficient (Wildman–Crippen LogP) is 2.79. The average Bonchev–Trinajstić information content (AvgIpc) is 2.45. The molecule has 0 aliphatic carbocycles. The molecule has 0 saturated carbocycles. The van der Waals surface area contributed by atoms with E-state index in [1.165, 1.54) is 18.2 Å². The monoisotopic (exact) mass is 293 g/mol. The third-order valence-electron chi connectivity index (χ3n) is 3.55. The molecule has 1 aliphatic rings. The van der Waals surface area contributed by atoms with Crippen molar-refractivity contribution < 1.29 is 19.0 Å². The first kappa shape index (κ1) is 15.5. The van der Waals surface area contributed by atoms with Crippen LogP contribution < -0.4 is 4.90 Å². The molecule has 2 rings (SSSR count). The van der Waals surface area contributed by atoms with Crippen molar-refractivity contribution in [1.82, 2.24) is 0 Å². The van der Waals surface area contributed by atoms with Crippen LogP contribution in [0.2, 0.25) is 0 Å². The quantitative estimate of drug-likeness (QED) is 0.848. The van der Waals surface area contributed by atoms with Crippen LogP contribution in [0, 0.1) is 11.7 Å². The highest BCUT2D eigenvalue weighted by Crippen LogP contribution is 2.22. The van der Waals surface area contributed by atoms with Gasteiger partial charge < -0.3 is 14.7 Å². The Hall–Kier alpha value is -1.88. The summed E-state index contributed by atoms with van der Waals surface area (Å²) in [6.45, 7) is 2.36. The highest BCUT2D eigenvalue weighted by Gasteiger charge is 2.16. The van der Waals surface area contributed by atoms with Gasteiger partial charge in [-0.15, -0.1) is 0 Å². The largest absolute Gasteiger partial charge is 0.478 e. The molecule has 1 heterocycles. The number of benzene rings is 1. The second kappa shape index (κ2) is 7.22. The number of rotatable bonds is 5. The van der Waals surface area contributed by atoms with Gasteiger partial charge in [-0.3, -0.25) is 0 Å². The van der Waals surface area contributed by atoms with Gasteiger partial charge in [-0.25, -0.2) is 9.18 Å². The van der Waals surface area contributed by atoms with Crippen LogP contribution in [-0.2, 0) is 9.53 Å². The Morgan fingerprint density at radius 1 is 1.52 bits per heavy atom. The fraction of sp³-hybridized carbons (Fsp3) is 0.438.